The van der Waals surface area contributed by atoms with Gasteiger partial charge in [0.25, 0.3) is 0 Å². The fourth-order valence-corrected chi connectivity index (χ4v) is 1.15. The van der Waals surface area contributed by atoms with Gasteiger partial charge in [-0.25, -0.2) is 14.8 Å². The van der Waals surface area contributed by atoms with Crippen molar-refractivity contribution in [2.45, 2.75) is 13.3 Å². The van der Waals surface area contributed by atoms with Crippen LogP contribution in [0, 0.1) is 5.92 Å². The molecule has 16 heavy (non-hydrogen) atoms. The summed E-state index contributed by atoms with van der Waals surface area (Å²) in [6, 6.07) is 1.34. The largest absolute Gasteiger partial charge is 0.477 e. The van der Waals surface area contributed by atoms with E-state index in [1.54, 1.807) is 0 Å². The van der Waals surface area contributed by atoms with E-state index >= 15 is 0 Å². The summed E-state index contributed by atoms with van der Waals surface area (Å²) >= 11 is 0. The number of nitrogens with zero attached hydrogens (tertiary/aromatic N) is 2. The van der Waals surface area contributed by atoms with Gasteiger partial charge in [0, 0.05) is 19.3 Å². The zero-order valence-corrected chi connectivity index (χ0v) is 9.05. The molecule has 0 saturated heterocycles. The van der Waals surface area contributed by atoms with Crippen LogP contribution >= 0.6 is 0 Å². The van der Waals surface area contributed by atoms with Crippen molar-refractivity contribution in [1.29, 1.82) is 0 Å². The van der Waals surface area contributed by atoms with Gasteiger partial charge in [0.05, 0.1) is 0 Å². The second-order valence-corrected chi connectivity index (χ2v) is 3.57. The molecule has 1 aromatic rings. The van der Waals surface area contributed by atoms with Crippen LogP contribution < -0.4 is 5.32 Å². The standard InChI is InChI=1S/C10H15N3O3/c1-7(3-5-14)6-12-10-11-4-2-8(13-10)9(15)16/h2,4,7,14H,3,5-6H2,1H3,(H,15,16)(H,11,12,13). The molecule has 1 unspecified atom stereocenters. The van der Waals surface area contributed by atoms with Crippen molar-refractivity contribution in [3.63, 3.8) is 0 Å². The van der Waals surface area contributed by atoms with E-state index < -0.39 is 5.97 Å². The molecule has 0 spiro atoms. The van der Waals surface area contributed by atoms with Gasteiger partial charge in [-0.05, 0) is 18.4 Å². The number of aromatic nitrogens is 2. The van der Waals surface area contributed by atoms with E-state index in [9.17, 15) is 4.79 Å². The van der Waals surface area contributed by atoms with Gasteiger partial charge in [-0.1, -0.05) is 6.92 Å². The summed E-state index contributed by atoms with van der Waals surface area (Å²) in [6.45, 7) is 2.72. The van der Waals surface area contributed by atoms with Crippen LogP contribution in [-0.2, 0) is 0 Å². The Morgan fingerprint density at radius 1 is 1.62 bits per heavy atom. The Morgan fingerprint density at radius 2 is 2.38 bits per heavy atom. The lowest BCUT2D eigenvalue weighted by molar-refractivity contribution is 0.0690. The van der Waals surface area contributed by atoms with Gasteiger partial charge in [0.2, 0.25) is 5.95 Å². The van der Waals surface area contributed by atoms with Crippen LogP contribution in [0.5, 0.6) is 0 Å². The summed E-state index contributed by atoms with van der Waals surface area (Å²) in [5, 5.41) is 20.4. The SMILES string of the molecule is CC(CCO)CNc1nccc(C(=O)O)n1. The molecule has 0 saturated carbocycles. The minimum Gasteiger partial charge on any atom is -0.477 e. The molecule has 0 aliphatic carbocycles. The first kappa shape index (κ1) is 12.4. The number of aliphatic hydroxyl groups is 1. The predicted molar refractivity (Wildman–Crippen MR) is 58.3 cm³/mol. The maximum Gasteiger partial charge on any atom is 0.354 e. The molecule has 1 atom stereocenters. The molecule has 0 aromatic carbocycles. The molecule has 0 radical (unpaired) electrons. The minimum absolute atomic E-state index is 0.0349. The van der Waals surface area contributed by atoms with Crippen LogP contribution in [-0.4, -0.2) is 39.3 Å². The lowest BCUT2D eigenvalue weighted by Crippen LogP contribution is -2.15. The topological polar surface area (TPSA) is 95.3 Å². The Balaban J connectivity index is 2.54. The Hall–Kier alpha value is -1.69. The summed E-state index contributed by atoms with van der Waals surface area (Å²) in [6.07, 6.45) is 2.08. The molecule has 88 valence electrons. The van der Waals surface area contributed by atoms with Crippen molar-refractivity contribution in [1.82, 2.24) is 9.97 Å². The monoisotopic (exact) mass is 225 g/mol. The molecule has 0 bridgehead atoms. The van der Waals surface area contributed by atoms with Gasteiger partial charge in [-0.15, -0.1) is 0 Å². The van der Waals surface area contributed by atoms with Gasteiger partial charge >= 0.3 is 5.97 Å². The van der Waals surface area contributed by atoms with Crippen molar-refractivity contribution in [3.8, 4) is 0 Å². The lowest BCUT2D eigenvalue weighted by Gasteiger charge is -2.10. The van der Waals surface area contributed by atoms with E-state index in [4.69, 9.17) is 10.2 Å². The highest BCUT2D eigenvalue weighted by Gasteiger charge is 2.07. The van der Waals surface area contributed by atoms with Gasteiger partial charge in [0.15, 0.2) is 5.69 Å². The van der Waals surface area contributed by atoms with E-state index in [0.29, 0.717) is 18.9 Å². The highest BCUT2D eigenvalue weighted by molar-refractivity contribution is 5.85. The number of nitrogens with one attached hydrogen (secondary N) is 1. The predicted octanol–water partition coefficient (Wildman–Crippen LogP) is 0.605. The maximum atomic E-state index is 10.6. The third-order valence-electron chi connectivity index (χ3n) is 2.11. The average molecular weight is 225 g/mol. The van der Waals surface area contributed by atoms with Gasteiger partial charge in [-0.2, -0.15) is 0 Å². The Labute approximate surface area is 93.4 Å². The van der Waals surface area contributed by atoms with Gasteiger partial charge in [-0.3, -0.25) is 0 Å². The Bertz CT molecular complexity index is 357. The minimum atomic E-state index is -1.08. The first-order chi connectivity index (χ1) is 7.63. The zero-order valence-electron chi connectivity index (χ0n) is 9.05. The number of rotatable bonds is 6. The normalized spacial score (nSPS) is 12.1. The summed E-state index contributed by atoms with van der Waals surface area (Å²) < 4.78 is 0. The molecule has 3 N–H and O–H groups in total. The number of aromatic carboxylic acids is 1. The number of hydrogen-bond donors (Lipinski definition) is 3. The van der Waals surface area contributed by atoms with Crippen LogP contribution in [0.15, 0.2) is 12.3 Å². The molecule has 6 heteroatoms. The number of hydrogen-bond acceptors (Lipinski definition) is 5. The van der Waals surface area contributed by atoms with Crippen molar-refractivity contribution >= 4 is 11.9 Å². The number of carbonyl (C=O) groups is 1. The number of anilines is 1. The number of carboxylic acids is 1. The molecule has 0 amide bonds. The molecule has 0 aliphatic rings. The van der Waals surface area contributed by atoms with Crippen LogP contribution in [0.3, 0.4) is 0 Å². The van der Waals surface area contributed by atoms with E-state index in [1.807, 2.05) is 6.92 Å². The first-order valence-electron chi connectivity index (χ1n) is 5.04. The molecular weight excluding hydrogens is 210 g/mol. The van der Waals surface area contributed by atoms with Gasteiger partial charge in [0.1, 0.15) is 0 Å². The molecule has 1 rings (SSSR count). The fraction of sp³-hybridized carbons (Fsp3) is 0.500. The molecule has 1 aromatic heterocycles. The van der Waals surface area contributed by atoms with Crippen molar-refractivity contribution < 1.29 is 15.0 Å². The molecule has 0 aliphatic heterocycles. The van der Waals surface area contributed by atoms with Crippen molar-refractivity contribution in [2.75, 3.05) is 18.5 Å². The summed E-state index contributed by atoms with van der Waals surface area (Å²) in [4.78, 5) is 18.4. The van der Waals surface area contributed by atoms with Crippen LogP contribution in [0.2, 0.25) is 0 Å². The zero-order chi connectivity index (χ0) is 12.0. The first-order valence-corrected chi connectivity index (χ1v) is 5.04. The fourth-order valence-electron chi connectivity index (χ4n) is 1.15. The average Bonchev–Trinajstić information content (AvgIpc) is 2.27. The molecule has 1 heterocycles. The third kappa shape index (κ3) is 3.82. The molecule has 0 fully saturated rings. The highest BCUT2D eigenvalue weighted by atomic mass is 16.4. The lowest BCUT2D eigenvalue weighted by atomic mass is 10.1. The van der Waals surface area contributed by atoms with Crippen molar-refractivity contribution in [3.05, 3.63) is 18.0 Å². The van der Waals surface area contributed by atoms with Crippen LogP contribution in [0.25, 0.3) is 0 Å². The summed E-state index contributed by atoms with van der Waals surface area (Å²) in [5.41, 5.74) is -0.0349. The second-order valence-electron chi connectivity index (χ2n) is 3.57. The Morgan fingerprint density at radius 3 is 3.00 bits per heavy atom. The quantitative estimate of drug-likeness (QED) is 0.656. The van der Waals surface area contributed by atoms with Crippen LogP contribution in [0.4, 0.5) is 5.95 Å². The van der Waals surface area contributed by atoms with Crippen LogP contribution in [0.1, 0.15) is 23.8 Å². The Kier molecular flexibility index (Phi) is 4.65. The van der Waals surface area contributed by atoms with E-state index in [2.05, 4.69) is 15.3 Å². The molecule has 6 nitrogen and oxygen atoms in total. The smallest absolute Gasteiger partial charge is 0.354 e. The second kappa shape index (κ2) is 6.02. The van der Waals surface area contributed by atoms with E-state index in [0.717, 1.165) is 0 Å². The van der Waals surface area contributed by atoms with E-state index in [-0.39, 0.29) is 18.2 Å². The van der Waals surface area contributed by atoms with E-state index in [1.165, 1.54) is 12.3 Å². The van der Waals surface area contributed by atoms with Crippen molar-refractivity contribution in [2.24, 2.45) is 5.92 Å². The molecular formula is C10H15N3O3. The van der Waals surface area contributed by atoms with Gasteiger partial charge < -0.3 is 15.5 Å². The third-order valence-corrected chi connectivity index (χ3v) is 2.11. The summed E-state index contributed by atoms with van der Waals surface area (Å²) in [5.74, 6) is -0.499. The summed E-state index contributed by atoms with van der Waals surface area (Å²) in [7, 11) is 0. The number of carboxylic acid groups (broad SMARTS) is 1. The maximum absolute atomic E-state index is 10.6. The highest BCUT2D eigenvalue weighted by Crippen LogP contribution is 2.04. The number of aliphatic hydroxyl groups excluding tert-OH is 1.